The fraction of sp³-hybridized carbons (Fsp3) is 0.450. The number of aliphatic hydroxyl groups is 2. The summed E-state index contributed by atoms with van der Waals surface area (Å²) < 4.78 is 43.9. The lowest BCUT2D eigenvalue weighted by atomic mass is 10.2. The number of benzene rings is 1. The number of urea groups is 1. The monoisotopic (exact) mass is 508 g/mol. The van der Waals surface area contributed by atoms with E-state index in [0.29, 0.717) is 10.8 Å². The van der Waals surface area contributed by atoms with E-state index in [9.17, 15) is 38.2 Å². The van der Waals surface area contributed by atoms with Crippen molar-refractivity contribution in [1.29, 1.82) is 0 Å². The number of hydrogen-bond acceptors (Lipinski definition) is 9. The van der Waals surface area contributed by atoms with Gasteiger partial charge in [0.2, 0.25) is 0 Å². The van der Waals surface area contributed by atoms with Gasteiger partial charge >= 0.3 is 12.5 Å². The molecule has 0 aliphatic rings. The highest BCUT2D eigenvalue weighted by molar-refractivity contribution is 5.88. The van der Waals surface area contributed by atoms with Crippen molar-refractivity contribution in [1.82, 2.24) is 15.8 Å². The molecule has 6 N–H and O–H groups in total. The predicted molar refractivity (Wildman–Crippen MR) is 122 cm³/mol. The standard InChI is InChI=1S/C20H27F3N6O6.2H2/c1-12-8-17(27-35-12)26-20(33)24-4-5-28(6-7-30)16-3-2-13(9-15(16)21)29(34)11-14(31)10-25-19(32)18(22)23;;/h2-3,8-9,14,18,30-31,34H,4-7,10-11H2,1H3,(H,25,32)(H2,24,26,27,33);2*1H/t14-;;/m0../s1. The zero-order valence-electron chi connectivity index (χ0n) is 18.7. The van der Waals surface area contributed by atoms with Gasteiger partial charge in [0.25, 0.3) is 5.91 Å². The first-order valence-corrected chi connectivity index (χ1v) is 10.4. The van der Waals surface area contributed by atoms with Crippen molar-refractivity contribution < 1.29 is 45.6 Å². The van der Waals surface area contributed by atoms with E-state index in [0.717, 1.165) is 6.07 Å². The van der Waals surface area contributed by atoms with Gasteiger partial charge in [-0.2, -0.15) is 8.78 Å². The third-order valence-electron chi connectivity index (χ3n) is 4.57. The van der Waals surface area contributed by atoms with Gasteiger partial charge in [-0.15, -0.1) is 0 Å². The van der Waals surface area contributed by atoms with Gasteiger partial charge in [-0.05, 0) is 19.1 Å². The molecule has 1 aromatic carbocycles. The normalized spacial score (nSPS) is 11.8. The van der Waals surface area contributed by atoms with Crippen LogP contribution >= 0.6 is 0 Å². The molecule has 198 valence electrons. The third-order valence-corrected chi connectivity index (χ3v) is 4.57. The van der Waals surface area contributed by atoms with Crippen LogP contribution in [-0.2, 0) is 4.79 Å². The van der Waals surface area contributed by atoms with Gasteiger partial charge < -0.3 is 30.3 Å². The molecule has 0 bridgehead atoms. The van der Waals surface area contributed by atoms with Crippen LogP contribution in [0.15, 0.2) is 28.8 Å². The number of carbonyl (C=O) groups excluding carboxylic acids is 2. The van der Waals surface area contributed by atoms with Crippen LogP contribution in [0.4, 0.5) is 35.2 Å². The molecular weight excluding hydrogens is 477 g/mol. The lowest BCUT2D eigenvalue weighted by molar-refractivity contribution is -0.132. The second kappa shape index (κ2) is 13.4. The number of aryl methyl sites for hydroxylation is 1. The minimum Gasteiger partial charge on any atom is -0.395 e. The van der Waals surface area contributed by atoms with Crippen molar-refractivity contribution in [2.75, 3.05) is 54.6 Å². The topological polar surface area (TPSA) is 163 Å². The Balaban J connectivity index is 0.00000648. The first-order valence-electron chi connectivity index (χ1n) is 10.4. The Morgan fingerprint density at radius 2 is 1.97 bits per heavy atom. The summed E-state index contributed by atoms with van der Waals surface area (Å²) in [5.41, 5.74) is 0.0325. The zero-order chi connectivity index (χ0) is 26.0. The number of nitrogens with zero attached hydrogens (tertiary/aromatic N) is 3. The molecule has 15 heteroatoms. The Morgan fingerprint density at radius 1 is 1.23 bits per heavy atom. The first-order chi connectivity index (χ1) is 16.6. The lowest BCUT2D eigenvalue weighted by Crippen LogP contribution is -2.41. The number of nitrogens with one attached hydrogen (secondary N) is 3. The number of rotatable bonds is 13. The molecule has 1 heterocycles. The number of alkyl halides is 2. The van der Waals surface area contributed by atoms with E-state index >= 15 is 0 Å². The molecule has 2 rings (SSSR count). The largest absolute Gasteiger partial charge is 0.395 e. The molecule has 35 heavy (non-hydrogen) atoms. The molecule has 0 spiro atoms. The predicted octanol–water partition coefficient (Wildman–Crippen LogP) is 1.17. The Kier molecular flexibility index (Phi) is 10.6. The summed E-state index contributed by atoms with van der Waals surface area (Å²) in [5.74, 6) is -1.59. The van der Waals surface area contributed by atoms with E-state index in [-0.39, 0.29) is 46.3 Å². The summed E-state index contributed by atoms with van der Waals surface area (Å²) >= 11 is 0. The lowest BCUT2D eigenvalue weighted by Gasteiger charge is -2.26. The molecule has 0 aliphatic heterocycles. The highest BCUT2D eigenvalue weighted by Crippen LogP contribution is 2.24. The van der Waals surface area contributed by atoms with Crippen LogP contribution in [-0.4, -0.2) is 84.4 Å². The maximum atomic E-state index is 14.8. The first kappa shape index (κ1) is 27.7. The average molecular weight is 508 g/mol. The van der Waals surface area contributed by atoms with Gasteiger partial charge in [0.05, 0.1) is 30.6 Å². The molecule has 0 saturated carbocycles. The average Bonchev–Trinajstić information content (AvgIpc) is 3.21. The van der Waals surface area contributed by atoms with Crippen molar-refractivity contribution in [2.45, 2.75) is 19.5 Å². The number of halogens is 3. The molecule has 0 radical (unpaired) electrons. The second-order valence-corrected chi connectivity index (χ2v) is 7.33. The number of anilines is 3. The zero-order valence-corrected chi connectivity index (χ0v) is 18.7. The maximum Gasteiger partial charge on any atom is 0.320 e. The Bertz CT molecular complexity index is 990. The Morgan fingerprint density at radius 3 is 2.57 bits per heavy atom. The highest BCUT2D eigenvalue weighted by Gasteiger charge is 2.19. The van der Waals surface area contributed by atoms with Crippen molar-refractivity contribution in [3.8, 4) is 0 Å². The van der Waals surface area contributed by atoms with Crippen LogP contribution in [0.5, 0.6) is 0 Å². The summed E-state index contributed by atoms with van der Waals surface area (Å²) in [5, 5.41) is 40.2. The third kappa shape index (κ3) is 8.95. The molecule has 0 aliphatic carbocycles. The molecule has 2 aromatic rings. The maximum absolute atomic E-state index is 14.8. The highest BCUT2D eigenvalue weighted by atomic mass is 19.3. The molecular formula is C20H31F3N6O6. The van der Waals surface area contributed by atoms with Crippen LogP contribution in [0.1, 0.15) is 8.61 Å². The van der Waals surface area contributed by atoms with E-state index < -0.39 is 43.4 Å². The number of hydrogen-bond donors (Lipinski definition) is 6. The van der Waals surface area contributed by atoms with Gasteiger partial charge in [0, 0.05) is 41.2 Å². The molecule has 0 saturated heterocycles. The number of amides is 3. The van der Waals surface area contributed by atoms with E-state index in [4.69, 9.17) is 4.52 Å². The minimum absolute atomic E-state index is 0. The fourth-order valence-corrected chi connectivity index (χ4v) is 2.94. The smallest absolute Gasteiger partial charge is 0.320 e. The van der Waals surface area contributed by atoms with E-state index in [1.165, 1.54) is 23.1 Å². The molecule has 12 nitrogen and oxygen atoms in total. The van der Waals surface area contributed by atoms with Crippen LogP contribution < -0.4 is 25.9 Å². The van der Waals surface area contributed by atoms with Crippen molar-refractivity contribution in [2.24, 2.45) is 0 Å². The van der Waals surface area contributed by atoms with Gasteiger partial charge in [0.1, 0.15) is 11.6 Å². The SMILES string of the molecule is Cc1cc(NC(=O)NCCN(CCO)c2ccc(N(O)C[C@@H](O)CNC(=O)C(F)F)cc2F)no1.[HH].[HH]. The van der Waals surface area contributed by atoms with Gasteiger partial charge in [-0.3, -0.25) is 20.4 Å². The van der Waals surface area contributed by atoms with Crippen LogP contribution in [0.3, 0.4) is 0 Å². The number of carbonyl (C=O) groups is 2. The fourth-order valence-electron chi connectivity index (χ4n) is 2.94. The molecule has 1 aromatic heterocycles. The summed E-state index contributed by atoms with van der Waals surface area (Å²) in [4.78, 5) is 24.2. The molecule has 0 fully saturated rings. The summed E-state index contributed by atoms with van der Waals surface area (Å²) in [7, 11) is 0. The van der Waals surface area contributed by atoms with Crippen LogP contribution in [0, 0.1) is 12.7 Å². The summed E-state index contributed by atoms with van der Waals surface area (Å²) in [6.45, 7) is 0.605. The minimum atomic E-state index is -3.24. The number of aliphatic hydroxyl groups excluding tert-OH is 2. The van der Waals surface area contributed by atoms with Crippen LogP contribution in [0.25, 0.3) is 0 Å². The Hall–Kier alpha value is -3.56. The van der Waals surface area contributed by atoms with Crippen molar-refractivity contribution >= 4 is 29.1 Å². The van der Waals surface area contributed by atoms with Crippen LogP contribution in [0.2, 0.25) is 0 Å². The van der Waals surface area contributed by atoms with E-state index in [1.54, 1.807) is 12.2 Å². The quantitative estimate of drug-likeness (QED) is 0.218. The number of aromatic nitrogens is 1. The van der Waals surface area contributed by atoms with Gasteiger partial charge in [-0.1, -0.05) is 5.16 Å². The molecule has 0 unspecified atom stereocenters. The molecule has 3 amide bonds. The van der Waals surface area contributed by atoms with Gasteiger partial charge in [-0.25, -0.2) is 9.18 Å². The Labute approximate surface area is 201 Å². The van der Waals surface area contributed by atoms with E-state index in [2.05, 4.69) is 15.8 Å². The summed E-state index contributed by atoms with van der Waals surface area (Å²) in [6, 6.07) is 4.60. The summed E-state index contributed by atoms with van der Waals surface area (Å²) in [6.07, 6.45) is -4.65. The van der Waals surface area contributed by atoms with E-state index in [1.807, 2.05) is 0 Å². The van der Waals surface area contributed by atoms with Gasteiger partial charge in [0.15, 0.2) is 5.82 Å². The molecule has 1 atom stereocenters. The number of hydroxylamine groups is 1. The second-order valence-electron chi connectivity index (χ2n) is 7.33. The van der Waals surface area contributed by atoms with Crippen molar-refractivity contribution in [3.05, 3.63) is 35.8 Å². The van der Waals surface area contributed by atoms with Crippen molar-refractivity contribution in [3.63, 3.8) is 0 Å².